The van der Waals surface area contributed by atoms with Crippen molar-refractivity contribution in [3.63, 3.8) is 0 Å². The highest BCUT2D eigenvalue weighted by Crippen LogP contribution is 2.23. The van der Waals surface area contributed by atoms with Gasteiger partial charge in [-0.2, -0.15) is 0 Å². The fourth-order valence-corrected chi connectivity index (χ4v) is 2.76. The number of amides is 1. The molecule has 0 aromatic heterocycles. The molecular weight excluding hydrogens is 306 g/mol. The SMILES string of the molecule is O=C(c1ccc2cc(Br)ccc2c1)N1CC(CO)C1. The predicted molar refractivity (Wildman–Crippen MR) is 78.1 cm³/mol. The molecule has 0 spiro atoms. The first-order valence-corrected chi connectivity index (χ1v) is 7.06. The van der Waals surface area contributed by atoms with E-state index in [2.05, 4.69) is 15.9 Å². The van der Waals surface area contributed by atoms with Crippen molar-refractivity contribution in [1.82, 2.24) is 4.90 Å². The molecule has 3 nitrogen and oxygen atoms in total. The van der Waals surface area contributed by atoms with Crippen LogP contribution in [0.1, 0.15) is 10.4 Å². The number of aliphatic hydroxyl groups excluding tert-OH is 1. The molecule has 1 aliphatic rings. The molecule has 1 heterocycles. The average molecular weight is 320 g/mol. The van der Waals surface area contributed by atoms with Crippen LogP contribution in [0.25, 0.3) is 10.8 Å². The molecule has 2 aromatic carbocycles. The Kier molecular flexibility index (Phi) is 3.29. The van der Waals surface area contributed by atoms with Crippen LogP contribution in [-0.4, -0.2) is 35.6 Å². The molecule has 1 N–H and O–H groups in total. The molecule has 1 amide bonds. The molecule has 0 saturated carbocycles. The molecular formula is C15H14BrNO2. The van der Waals surface area contributed by atoms with Crippen LogP contribution in [-0.2, 0) is 0 Å². The van der Waals surface area contributed by atoms with Gasteiger partial charge >= 0.3 is 0 Å². The van der Waals surface area contributed by atoms with Crippen LogP contribution in [0.3, 0.4) is 0 Å². The summed E-state index contributed by atoms with van der Waals surface area (Å²) in [5.41, 5.74) is 0.714. The summed E-state index contributed by atoms with van der Waals surface area (Å²) in [6.45, 7) is 1.48. The summed E-state index contributed by atoms with van der Waals surface area (Å²) in [5, 5.41) is 11.2. The summed E-state index contributed by atoms with van der Waals surface area (Å²) < 4.78 is 1.03. The Morgan fingerprint density at radius 3 is 2.63 bits per heavy atom. The number of hydrogen-bond donors (Lipinski definition) is 1. The van der Waals surface area contributed by atoms with Crippen molar-refractivity contribution in [1.29, 1.82) is 0 Å². The van der Waals surface area contributed by atoms with Gasteiger partial charge in [0.25, 0.3) is 5.91 Å². The normalized spacial score (nSPS) is 15.6. The average Bonchev–Trinajstić information content (AvgIpc) is 2.36. The van der Waals surface area contributed by atoms with Crippen molar-refractivity contribution >= 4 is 32.6 Å². The Morgan fingerprint density at radius 2 is 1.89 bits per heavy atom. The predicted octanol–water partition coefficient (Wildman–Crippen LogP) is 2.67. The third-order valence-corrected chi connectivity index (χ3v) is 4.05. The number of carbonyl (C=O) groups excluding carboxylic acids is 1. The molecule has 0 atom stereocenters. The van der Waals surface area contributed by atoms with E-state index in [1.54, 1.807) is 4.90 Å². The molecule has 98 valence electrons. The first-order chi connectivity index (χ1) is 9.17. The van der Waals surface area contributed by atoms with E-state index in [1.165, 1.54) is 0 Å². The van der Waals surface area contributed by atoms with Gasteiger partial charge in [0.1, 0.15) is 0 Å². The lowest BCUT2D eigenvalue weighted by Gasteiger charge is -2.38. The quantitative estimate of drug-likeness (QED) is 0.924. The van der Waals surface area contributed by atoms with Crippen LogP contribution in [0.5, 0.6) is 0 Å². The van der Waals surface area contributed by atoms with Crippen LogP contribution >= 0.6 is 15.9 Å². The number of aliphatic hydroxyl groups is 1. The molecule has 1 saturated heterocycles. The minimum absolute atomic E-state index is 0.0505. The van der Waals surface area contributed by atoms with E-state index in [1.807, 2.05) is 36.4 Å². The zero-order valence-electron chi connectivity index (χ0n) is 10.3. The smallest absolute Gasteiger partial charge is 0.253 e. The number of carbonyl (C=O) groups is 1. The highest BCUT2D eigenvalue weighted by atomic mass is 79.9. The second-order valence-electron chi connectivity index (χ2n) is 4.96. The van der Waals surface area contributed by atoms with Crippen molar-refractivity contribution in [2.75, 3.05) is 19.7 Å². The van der Waals surface area contributed by atoms with E-state index < -0.39 is 0 Å². The van der Waals surface area contributed by atoms with Crippen molar-refractivity contribution in [3.05, 3.63) is 46.4 Å². The van der Waals surface area contributed by atoms with Crippen LogP contribution < -0.4 is 0 Å². The minimum Gasteiger partial charge on any atom is -0.396 e. The third-order valence-electron chi connectivity index (χ3n) is 3.55. The maximum Gasteiger partial charge on any atom is 0.253 e. The summed E-state index contributed by atoms with van der Waals surface area (Å²) >= 11 is 3.44. The van der Waals surface area contributed by atoms with E-state index >= 15 is 0 Å². The minimum atomic E-state index is 0.0505. The van der Waals surface area contributed by atoms with Crippen molar-refractivity contribution < 1.29 is 9.90 Å². The summed E-state index contributed by atoms with van der Waals surface area (Å²) in [4.78, 5) is 14.0. The first kappa shape index (κ1) is 12.6. The monoisotopic (exact) mass is 319 g/mol. The lowest BCUT2D eigenvalue weighted by atomic mass is 9.99. The van der Waals surface area contributed by atoms with Gasteiger partial charge in [-0.05, 0) is 35.0 Å². The van der Waals surface area contributed by atoms with Gasteiger partial charge < -0.3 is 10.0 Å². The van der Waals surface area contributed by atoms with E-state index in [0.717, 1.165) is 15.2 Å². The van der Waals surface area contributed by atoms with Gasteiger partial charge in [0.2, 0.25) is 0 Å². The topological polar surface area (TPSA) is 40.5 Å². The lowest BCUT2D eigenvalue weighted by Crippen LogP contribution is -2.51. The highest BCUT2D eigenvalue weighted by Gasteiger charge is 2.30. The number of rotatable bonds is 2. The van der Waals surface area contributed by atoms with Crippen LogP contribution in [0.4, 0.5) is 0 Å². The zero-order chi connectivity index (χ0) is 13.4. The van der Waals surface area contributed by atoms with E-state index in [9.17, 15) is 4.79 Å². The Balaban J connectivity index is 1.85. The Labute approximate surface area is 120 Å². The number of likely N-dealkylation sites (tertiary alicyclic amines) is 1. The Hall–Kier alpha value is -1.39. The number of hydrogen-bond acceptors (Lipinski definition) is 2. The van der Waals surface area contributed by atoms with Gasteiger partial charge in [-0.15, -0.1) is 0 Å². The van der Waals surface area contributed by atoms with E-state index in [0.29, 0.717) is 18.7 Å². The third kappa shape index (κ3) is 2.38. The lowest BCUT2D eigenvalue weighted by molar-refractivity contribution is 0.0362. The van der Waals surface area contributed by atoms with Gasteiger partial charge in [-0.25, -0.2) is 0 Å². The first-order valence-electron chi connectivity index (χ1n) is 6.27. The largest absolute Gasteiger partial charge is 0.396 e. The Bertz CT molecular complexity index is 635. The van der Waals surface area contributed by atoms with E-state index in [4.69, 9.17) is 5.11 Å². The second kappa shape index (κ2) is 4.94. The van der Waals surface area contributed by atoms with Crippen LogP contribution in [0, 0.1) is 5.92 Å². The standard InChI is InChI=1S/C15H14BrNO2/c16-14-4-3-11-5-13(2-1-12(11)6-14)15(19)17-7-10(8-17)9-18/h1-6,10,18H,7-9H2. The second-order valence-corrected chi connectivity index (χ2v) is 5.88. The van der Waals surface area contributed by atoms with Gasteiger partial charge in [-0.1, -0.05) is 28.1 Å². The van der Waals surface area contributed by atoms with Gasteiger partial charge in [0.05, 0.1) is 0 Å². The highest BCUT2D eigenvalue weighted by molar-refractivity contribution is 9.10. The van der Waals surface area contributed by atoms with Crippen LogP contribution in [0.2, 0.25) is 0 Å². The summed E-state index contributed by atoms with van der Waals surface area (Å²) in [7, 11) is 0. The molecule has 4 heteroatoms. The van der Waals surface area contributed by atoms with Gasteiger partial charge in [0, 0.05) is 35.7 Å². The Morgan fingerprint density at radius 1 is 1.21 bits per heavy atom. The number of halogens is 1. The number of fused-ring (bicyclic) bond motifs is 1. The summed E-state index contributed by atoms with van der Waals surface area (Å²) in [6, 6.07) is 11.8. The zero-order valence-corrected chi connectivity index (χ0v) is 11.9. The maximum absolute atomic E-state index is 12.2. The maximum atomic E-state index is 12.2. The number of nitrogens with zero attached hydrogens (tertiary/aromatic N) is 1. The van der Waals surface area contributed by atoms with E-state index in [-0.39, 0.29) is 18.4 Å². The van der Waals surface area contributed by atoms with Gasteiger partial charge in [-0.3, -0.25) is 4.79 Å². The van der Waals surface area contributed by atoms with Crippen molar-refractivity contribution in [2.24, 2.45) is 5.92 Å². The molecule has 0 radical (unpaired) electrons. The molecule has 0 bridgehead atoms. The van der Waals surface area contributed by atoms with Gasteiger partial charge in [0.15, 0.2) is 0 Å². The molecule has 19 heavy (non-hydrogen) atoms. The fraction of sp³-hybridized carbons (Fsp3) is 0.267. The molecule has 1 fully saturated rings. The van der Waals surface area contributed by atoms with Crippen molar-refractivity contribution in [3.8, 4) is 0 Å². The van der Waals surface area contributed by atoms with Crippen LogP contribution in [0.15, 0.2) is 40.9 Å². The molecule has 2 aromatic rings. The molecule has 0 aliphatic carbocycles. The van der Waals surface area contributed by atoms with Crippen molar-refractivity contribution in [2.45, 2.75) is 0 Å². The molecule has 3 rings (SSSR count). The molecule has 0 unspecified atom stereocenters. The number of benzene rings is 2. The summed E-state index contributed by atoms with van der Waals surface area (Å²) in [5.74, 6) is 0.301. The fourth-order valence-electron chi connectivity index (χ4n) is 2.38. The molecule has 1 aliphatic heterocycles. The summed E-state index contributed by atoms with van der Waals surface area (Å²) in [6.07, 6.45) is 0.